The molecule has 4 nitrogen and oxygen atoms in total. The van der Waals surface area contributed by atoms with Crippen molar-refractivity contribution < 1.29 is 14.0 Å². The van der Waals surface area contributed by atoms with Crippen molar-refractivity contribution in [1.29, 1.82) is 0 Å². The second kappa shape index (κ2) is 5.46. The highest BCUT2D eigenvalue weighted by Crippen LogP contribution is 2.18. The number of imide groups is 1. The maximum Gasteiger partial charge on any atom is 0.243 e. The average Bonchev–Trinajstić information content (AvgIpc) is 2.33. The lowest BCUT2D eigenvalue weighted by Gasteiger charge is -2.22. The first-order valence-electron chi connectivity index (χ1n) is 5.58. The minimum Gasteiger partial charge on any atom is -0.302 e. The molecule has 1 aromatic rings. The van der Waals surface area contributed by atoms with Crippen LogP contribution in [0.4, 0.5) is 4.39 Å². The second-order valence-electron chi connectivity index (χ2n) is 4.10. The number of rotatable bonds is 3. The van der Waals surface area contributed by atoms with Crippen molar-refractivity contribution in [1.82, 2.24) is 10.6 Å². The van der Waals surface area contributed by atoms with Crippen molar-refractivity contribution in [2.45, 2.75) is 25.4 Å². The predicted octanol–water partition coefficient (Wildman–Crippen LogP) is 1.37. The van der Waals surface area contributed by atoms with Gasteiger partial charge in [0.25, 0.3) is 0 Å². The summed E-state index contributed by atoms with van der Waals surface area (Å²) in [5.74, 6) is -1.13. The summed E-state index contributed by atoms with van der Waals surface area (Å²) in [6, 6.07) is 4.24. The average molecular weight is 271 g/mol. The third-order valence-corrected chi connectivity index (χ3v) is 3.10. The van der Waals surface area contributed by atoms with Crippen molar-refractivity contribution in [3.8, 4) is 0 Å². The van der Waals surface area contributed by atoms with Gasteiger partial charge in [0, 0.05) is 18.5 Å². The Morgan fingerprint density at radius 2 is 2.22 bits per heavy atom. The summed E-state index contributed by atoms with van der Waals surface area (Å²) in [6.07, 6.45) is 0.717. The highest BCUT2D eigenvalue weighted by molar-refractivity contribution is 6.30. The van der Waals surface area contributed by atoms with Gasteiger partial charge in [-0.1, -0.05) is 23.7 Å². The number of nitrogens with one attached hydrogen (secondary N) is 2. The first-order valence-corrected chi connectivity index (χ1v) is 5.95. The number of amides is 2. The Hall–Kier alpha value is -1.46. The number of benzene rings is 1. The Bertz CT molecular complexity index is 493. The van der Waals surface area contributed by atoms with Gasteiger partial charge < -0.3 is 5.32 Å². The SMILES string of the molecule is O=C1CCC(NCc2cccc(Cl)c2F)C(=O)N1. The fourth-order valence-electron chi connectivity index (χ4n) is 1.81. The van der Waals surface area contributed by atoms with E-state index < -0.39 is 11.9 Å². The molecule has 1 aromatic carbocycles. The molecule has 2 rings (SSSR count). The summed E-state index contributed by atoms with van der Waals surface area (Å²) < 4.78 is 13.6. The van der Waals surface area contributed by atoms with Gasteiger partial charge >= 0.3 is 0 Å². The molecule has 18 heavy (non-hydrogen) atoms. The van der Waals surface area contributed by atoms with E-state index in [1.54, 1.807) is 12.1 Å². The minimum atomic E-state index is -0.487. The van der Waals surface area contributed by atoms with E-state index in [1.165, 1.54) is 6.07 Å². The molecule has 0 bridgehead atoms. The van der Waals surface area contributed by atoms with Crippen LogP contribution in [0.25, 0.3) is 0 Å². The van der Waals surface area contributed by atoms with E-state index in [0.29, 0.717) is 18.4 Å². The van der Waals surface area contributed by atoms with Gasteiger partial charge in [0.2, 0.25) is 11.8 Å². The Labute approximate surface area is 109 Å². The Morgan fingerprint density at radius 1 is 1.44 bits per heavy atom. The molecular weight excluding hydrogens is 259 g/mol. The summed E-state index contributed by atoms with van der Waals surface area (Å²) in [5, 5.41) is 5.20. The van der Waals surface area contributed by atoms with Gasteiger partial charge in [-0.15, -0.1) is 0 Å². The van der Waals surface area contributed by atoms with Gasteiger partial charge in [-0.25, -0.2) is 4.39 Å². The first-order chi connectivity index (χ1) is 8.58. The molecule has 0 spiro atoms. The molecule has 0 aliphatic carbocycles. The monoisotopic (exact) mass is 270 g/mol. The van der Waals surface area contributed by atoms with Crippen LogP contribution in [0.3, 0.4) is 0 Å². The normalized spacial score (nSPS) is 19.8. The lowest BCUT2D eigenvalue weighted by atomic mass is 10.1. The van der Waals surface area contributed by atoms with Crippen LogP contribution in [0, 0.1) is 5.82 Å². The minimum absolute atomic E-state index is 0.0533. The number of halogens is 2. The predicted molar refractivity (Wildman–Crippen MR) is 64.4 cm³/mol. The molecule has 1 aliphatic rings. The number of carbonyl (C=O) groups excluding carboxylic acids is 2. The molecule has 1 atom stereocenters. The number of carbonyl (C=O) groups is 2. The maximum atomic E-state index is 13.6. The van der Waals surface area contributed by atoms with Crippen LogP contribution in [0.2, 0.25) is 5.02 Å². The maximum absolute atomic E-state index is 13.6. The second-order valence-corrected chi connectivity index (χ2v) is 4.50. The number of hydrogen-bond acceptors (Lipinski definition) is 3. The Balaban J connectivity index is 1.97. The zero-order valence-electron chi connectivity index (χ0n) is 9.50. The summed E-state index contributed by atoms with van der Waals surface area (Å²) in [4.78, 5) is 22.4. The molecule has 1 fully saturated rings. The smallest absolute Gasteiger partial charge is 0.243 e. The summed E-state index contributed by atoms with van der Waals surface area (Å²) in [6.45, 7) is 0.193. The van der Waals surface area contributed by atoms with E-state index in [1.807, 2.05) is 0 Å². The zero-order chi connectivity index (χ0) is 13.1. The largest absolute Gasteiger partial charge is 0.302 e. The van der Waals surface area contributed by atoms with E-state index in [0.717, 1.165) is 0 Å². The van der Waals surface area contributed by atoms with Gasteiger partial charge in [-0.3, -0.25) is 14.9 Å². The molecule has 1 aliphatic heterocycles. The highest BCUT2D eigenvalue weighted by Gasteiger charge is 2.26. The van der Waals surface area contributed by atoms with Crippen LogP contribution < -0.4 is 10.6 Å². The molecule has 1 unspecified atom stereocenters. The van der Waals surface area contributed by atoms with Gasteiger partial charge in [-0.2, -0.15) is 0 Å². The van der Waals surface area contributed by atoms with E-state index in [-0.39, 0.29) is 23.4 Å². The first kappa shape index (κ1) is 13.0. The molecular formula is C12H12ClFN2O2. The third-order valence-electron chi connectivity index (χ3n) is 2.81. The third kappa shape index (κ3) is 2.86. The fourth-order valence-corrected chi connectivity index (χ4v) is 2.00. The molecule has 2 N–H and O–H groups in total. The van der Waals surface area contributed by atoms with Crippen LogP contribution in [-0.2, 0) is 16.1 Å². The summed E-state index contributed by atoms with van der Waals surface area (Å²) in [7, 11) is 0. The van der Waals surface area contributed by atoms with Crippen LogP contribution in [0.5, 0.6) is 0 Å². The summed E-state index contributed by atoms with van der Waals surface area (Å²) >= 11 is 5.66. The molecule has 1 heterocycles. The summed E-state index contributed by atoms with van der Waals surface area (Å²) in [5.41, 5.74) is 0.396. The van der Waals surface area contributed by atoms with E-state index in [4.69, 9.17) is 11.6 Å². The van der Waals surface area contributed by atoms with Crippen molar-refractivity contribution >= 4 is 23.4 Å². The molecule has 0 aromatic heterocycles. The van der Waals surface area contributed by atoms with Crippen LogP contribution >= 0.6 is 11.6 Å². The lowest BCUT2D eigenvalue weighted by Crippen LogP contribution is -2.50. The van der Waals surface area contributed by atoms with E-state index in [9.17, 15) is 14.0 Å². The highest BCUT2D eigenvalue weighted by atomic mass is 35.5. The van der Waals surface area contributed by atoms with E-state index in [2.05, 4.69) is 10.6 Å². The number of hydrogen-bond donors (Lipinski definition) is 2. The van der Waals surface area contributed by atoms with Gasteiger partial charge in [-0.05, 0) is 12.5 Å². The topological polar surface area (TPSA) is 58.2 Å². The molecule has 2 amide bonds. The van der Waals surface area contributed by atoms with Crippen LogP contribution in [-0.4, -0.2) is 17.9 Å². The van der Waals surface area contributed by atoms with Crippen molar-refractivity contribution in [2.75, 3.05) is 0 Å². The van der Waals surface area contributed by atoms with Crippen molar-refractivity contribution in [2.24, 2.45) is 0 Å². The van der Waals surface area contributed by atoms with Crippen LogP contribution in [0.15, 0.2) is 18.2 Å². The van der Waals surface area contributed by atoms with Crippen LogP contribution in [0.1, 0.15) is 18.4 Å². The van der Waals surface area contributed by atoms with Gasteiger partial charge in [0.1, 0.15) is 5.82 Å². The molecule has 6 heteroatoms. The Morgan fingerprint density at radius 3 is 2.94 bits per heavy atom. The fraction of sp³-hybridized carbons (Fsp3) is 0.333. The van der Waals surface area contributed by atoms with E-state index >= 15 is 0 Å². The quantitative estimate of drug-likeness (QED) is 0.816. The van der Waals surface area contributed by atoms with Crippen molar-refractivity contribution in [3.05, 3.63) is 34.6 Å². The van der Waals surface area contributed by atoms with Crippen molar-refractivity contribution in [3.63, 3.8) is 0 Å². The standard InChI is InChI=1S/C12H12ClFN2O2/c13-8-3-1-2-7(11(8)14)6-15-9-4-5-10(17)16-12(9)18/h1-3,9,15H,4-6H2,(H,16,17,18). The van der Waals surface area contributed by atoms with Gasteiger partial charge in [0.05, 0.1) is 11.1 Å². The Kier molecular flexibility index (Phi) is 3.93. The number of piperidine rings is 1. The molecule has 1 saturated heterocycles. The molecule has 0 saturated carbocycles. The molecule has 96 valence electrons. The van der Waals surface area contributed by atoms with Gasteiger partial charge in [0.15, 0.2) is 0 Å². The lowest BCUT2D eigenvalue weighted by molar-refractivity contribution is -0.134. The molecule has 0 radical (unpaired) electrons. The zero-order valence-corrected chi connectivity index (χ0v) is 10.3.